The molecule has 30 heavy (non-hydrogen) atoms. The average molecular weight is 428 g/mol. The van der Waals surface area contributed by atoms with E-state index < -0.39 is 10.0 Å². The van der Waals surface area contributed by atoms with Crippen LogP contribution in [0, 0.1) is 6.92 Å². The van der Waals surface area contributed by atoms with E-state index in [-0.39, 0.29) is 16.7 Å². The van der Waals surface area contributed by atoms with Gasteiger partial charge in [0.1, 0.15) is 0 Å². The number of carbonyl (C=O) groups is 1. The quantitative estimate of drug-likeness (QED) is 0.577. The summed E-state index contributed by atoms with van der Waals surface area (Å²) in [5, 5.41) is 6.64. The Morgan fingerprint density at radius 1 is 1.10 bits per heavy atom. The normalized spacial score (nSPS) is 11.3. The molecule has 2 N–H and O–H groups in total. The van der Waals surface area contributed by atoms with Crippen LogP contribution in [0.1, 0.15) is 37.6 Å². The molecule has 1 aromatic heterocycles. The molecule has 3 aromatic rings. The van der Waals surface area contributed by atoms with Crippen LogP contribution in [0.15, 0.2) is 51.9 Å². The molecule has 0 aliphatic heterocycles. The number of aryl methyl sites for hydroxylation is 3. The van der Waals surface area contributed by atoms with E-state index in [2.05, 4.69) is 15.2 Å². The number of nitrogens with one attached hydrogen (secondary N) is 2. The van der Waals surface area contributed by atoms with Gasteiger partial charge in [-0.2, -0.15) is 0 Å². The van der Waals surface area contributed by atoms with E-state index in [1.165, 1.54) is 6.92 Å². The Morgan fingerprint density at radius 2 is 1.83 bits per heavy atom. The maximum absolute atomic E-state index is 13.2. The number of amides is 1. The Balaban J connectivity index is 2.08. The molecule has 0 saturated carbocycles. The predicted octanol–water partition coefficient (Wildman–Crippen LogP) is 4.53. The Bertz CT molecular complexity index is 1180. The lowest BCUT2D eigenvalue weighted by Gasteiger charge is -2.14. The van der Waals surface area contributed by atoms with Crippen LogP contribution in [-0.2, 0) is 27.7 Å². The topological polar surface area (TPSA) is 101 Å². The molecule has 0 fully saturated rings. The minimum atomic E-state index is -3.83. The molecule has 0 atom stereocenters. The Hall–Kier alpha value is -3.13. The second-order valence-electron chi connectivity index (χ2n) is 6.96. The van der Waals surface area contributed by atoms with Crippen molar-refractivity contribution < 1.29 is 17.7 Å². The second kappa shape index (κ2) is 8.71. The number of nitrogens with zero attached hydrogens (tertiary/aromatic N) is 1. The lowest BCUT2D eigenvalue weighted by molar-refractivity contribution is -0.114. The van der Waals surface area contributed by atoms with Gasteiger partial charge >= 0.3 is 0 Å². The van der Waals surface area contributed by atoms with Crippen LogP contribution in [0.5, 0.6) is 0 Å². The summed E-state index contributed by atoms with van der Waals surface area (Å²) in [6, 6.07) is 12.4. The summed E-state index contributed by atoms with van der Waals surface area (Å²) < 4.78 is 34.4. The Morgan fingerprint density at radius 3 is 2.50 bits per heavy atom. The molecule has 0 bridgehead atoms. The maximum atomic E-state index is 13.2. The van der Waals surface area contributed by atoms with Crippen LogP contribution in [0.2, 0.25) is 0 Å². The highest BCUT2D eigenvalue weighted by Crippen LogP contribution is 2.35. The molecule has 0 saturated heterocycles. The highest BCUT2D eigenvalue weighted by atomic mass is 32.2. The molecule has 0 spiro atoms. The van der Waals surface area contributed by atoms with Crippen LogP contribution in [0.25, 0.3) is 11.1 Å². The van der Waals surface area contributed by atoms with Gasteiger partial charge in [-0.3, -0.25) is 14.8 Å². The summed E-state index contributed by atoms with van der Waals surface area (Å²) in [5.74, 6) is -0.0938. The summed E-state index contributed by atoms with van der Waals surface area (Å²) in [7, 11) is -3.83. The van der Waals surface area contributed by atoms with Crippen LogP contribution < -0.4 is 10.0 Å². The molecular weight excluding hydrogens is 402 g/mol. The summed E-state index contributed by atoms with van der Waals surface area (Å²) in [4.78, 5) is 11.7. The van der Waals surface area contributed by atoms with Crippen LogP contribution in [0.3, 0.4) is 0 Å². The fourth-order valence-electron chi connectivity index (χ4n) is 3.28. The van der Waals surface area contributed by atoms with E-state index in [1.54, 1.807) is 37.3 Å². The largest absolute Gasteiger partial charge is 0.337 e. The zero-order chi connectivity index (χ0) is 21.9. The molecule has 3 rings (SSSR count). The highest BCUT2D eigenvalue weighted by Gasteiger charge is 2.23. The SMILES string of the molecule is CCc1ccccc1NS(=O)(=O)c1cc(-c2c(CC)noc2NC(C)=O)ccc1C. The Kier molecular flexibility index (Phi) is 6.26. The van der Waals surface area contributed by atoms with E-state index >= 15 is 0 Å². The lowest BCUT2D eigenvalue weighted by Crippen LogP contribution is -2.15. The highest BCUT2D eigenvalue weighted by molar-refractivity contribution is 7.92. The minimum absolute atomic E-state index is 0.155. The summed E-state index contributed by atoms with van der Waals surface area (Å²) in [6.45, 7) is 7.00. The first kappa shape index (κ1) is 21.6. The number of hydrogen-bond donors (Lipinski definition) is 2. The van der Waals surface area contributed by atoms with Gasteiger partial charge < -0.3 is 4.52 Å². The van der Waals surface area contributed by atoms with Gasteiger partial charge in [0.25, 0.3) is 10.0 Å². The van der Waals surface area contributed by atoms with Crippen molar-refractivity contribution in [2.45, 2.75) is 45.4 Å². The van der Waals surface area contributed by atoms with Crippen molar-refractivity contribution in [2.24, 2.45) is 0 Å². The summed E-state index contributed by atoms with van der Waals surface area (Å²) in [5.41, 5.74) is 3.90. The molecule has 1 amide bonds. The summed E-state index contributed by atoms with van der Waals surface area (Å²) in [6.07, 6.45) is 1.27. The van der Waals surface area contributed by atoms with Crippen molar-refractivity contribution in [3.05, 3.63) is 59.3 Å². The number of rotatable bonds is 7. The predicted molar refractivity (Wildman–Crippen MR) is 117 cm³/mol. The van der Waals surface area contributed by atoms with Gasteiger partial charge in [0.15, 0.2) is 0 Å². The van der Waals surface area contributed by atoms with Gasteiger partial charge in [-0.05, 0) is 48.6 Å². The first-order chi connectivity index (χ1) is 14.3. The van der Waals surface area contributed by atoms with Gasteiger partial charge in [0.2, 0.25) is 11.8 Å². The molecular formula is C22H25N3O4S. The number of hydrogen-bond acceptors (Lipinski definition) is 5. The molecule has 0 aliphatic carbocycles. The van der Waals surface area contributed by atoms with Crippen molar-refractivity contribution >= 4 is 27.5 Å². The zero-order valence-corrected chi connectivity index (χ0v) is 18.3. The lowest BCUT2D eigenvalue weighted by atomic mass is 10.0. The van der Waals surface area contributed by atoms with Gasteiger partial charge in [-0.1, -0.05) is 49.3 Å². The van der Waals surface area contributed by atoms with Crippen molar-refractivity contribution in [1.82, 2.24) is 5.16 Å². The van der Waals surface area contributed by atoms with Crippen LogP contribution >= 0.6 is 0 Å². The van der Waals surface area contributed by atoms with Crippen molar-refractivity contribution in [1.29, 1.82) is 0 Å². The first-order valence-electron chi connectivity index (χ1n) is 9.74. The molecule has 0 aliphatic rings. The second-order valence-corrected chi connectivity index (χ2v) is 8.62. The van der Waals surface area contributed by atoms with Crippen molar-refractivity contribution in [3.63, 3.8) is 0 Å². The fourth-order valence-corrected chi connectivity index (χ4v) is 4.65. The van der Waals surface area contributed by atoms with Gasteiger partial charge in [-0.15, -0.1) is 0 Å². The van der Waals surface area contributed by atoms with Gasteiger partial charge in [-0.25, -0.2) is 8.42 Å². The maximum Gasteiger partial charge on any atom is 0.262 e. The zero-order valence-electron chi connectivity index (χ0n) is 17.4. The third-order valence-corrected chi connectivity index (χ3v) is 6.30. The van der Waals surface area contributed by atoms with E-state index in [9.17, 15) is 13.2 Å². The van der Waals surface area contributed by atoms with E-state index in [1.807, 2.05) is 26.0 Å². The number of carbonyl (C=O) groups excluding carboxylic acids is 1. The molecule has 7 nitrogen and oxygen atoms in total. The molecule has 8 heteroatoms. The number of aromatic nitrogens is 1. The molecule has 1 heterocycles. The van der Waals surface area contributed by atoms with Gasteiger partial charge in [0, 0.05) is 6.92 Å². The standard InChI is InChI=1S/C22H25N3O4S/c1-5-16-9-7-8-10-19(16)25-30(27,28)20-13-17(12-11-14(20)3)21-18(6-2)24-29-22(21)23-15(4)26/h7-13,25H,5-6H2,1-4H3,(H,23,26). The smallest absolute Gasteiger partial charge is 0.262 e. The van der Waals surface area contributed by atoms with Gasteiger partial charge in [0.05, 0.1) is 21.8 Å². The molecule has 0 unspecified atom stereocenters. The average Bonchev–Trinajstić information content (AvgIpc) is 3.10. The van der Waals surface area contributed by atoms with E-state index in [0.29, 0.717) is 40.9 Å². The number of benzene rings is 2. The fraction of sp³-hybridized carbons (Fsp3) is 0.273. The first-order valence-corrected chi connectivity index (χ1v) is 11.2. The number of para-hydroxylation sites is 1. The monoisotopic (exact) mass is 427 g/mol. The number of anilines is 2. The third kappa shape index (κ3) is 4.38. The molecule has 2 aromatic carbocycles. The van der Waals surface area contributed by atoms with Crippen molar-refractivity contribution in [3.8, 4) is 11.1 Å². The summed E-state index contributed by atoms with van der Waals surface area (Å²) >= 11 is 0. The van der Waals surface area contributed by atoms with E-state index in [4.69, 9.17) is 4.52 Å². The minimum Gasteiger partial charge on any atom is -0.337 e. The van der Waals surface area contributed by atoms with Crippen LogP contribution in [-0.4, -0.2) is 19.5 Å². The third-order valence-electron chi connectivity index (χ3n) is 4.80. The molecule has 0 radical (unpaired) electrons. The van der Waals surface area contributed by atoms with Crippen molar-refractivity contribution in [2.75, 3.05) is 10.0 Å². The van der Waals surface area contributed by atoms with Crippen LogP contribution in [0.4, 0.5) is 11.6 Å². The van der Waals surface area contributed by atoms with E-state index in [0.717, 1.165) is 5.56 Å². The Labute approximate surface area is 176 Å². The molecule has 158 valence electrons. The number of sulfonamides is 1.